The molecular weight excluding hydrogens is 629 g/mol. The lowest BCUT2D eigenvalue weighted by Gasteiger charge is -2.14. The van der Waals surface area contributed by atoms with Gasteiger partial charge in [0.2, 0.25) is 0 Å². The Balaban J connectivity index is 1.02. The summed E-state index contributed by atoms with van der Waals surface area (Å²) in [5.74, 6) is 0.112. The first-order valence-corrected chi connectivity index (χ1v) is 18.2. The molecule has 1 nitrogen and oxygen atoms in total. The van der Waals surface area contributed by atoms with Crippen molar-refractivity contribution in [3.8, 4) is 22.3 Å². The highest BCUT2D eigenvalue weighted by Gasteiger charge is 2.23. The van der Waals surface area contributed by atoms with Crippen LogP contribution in [0.15, 0.2) is 170 Å². The fourth-order valence-corrected chi connectivity index (χ4v) is 8.96. The minimum Gasteiger partial charge on any atom is -0.289 e. The number of carbonyl (C=O) groups is 1. The molecule has 0 fully saturated rings. The molecule has 0 atom stereocenters. The molecule has 0 N–H and O–H groups in total. The van der Waals surface area contributed by atoms with Gasteiger partial charge < -0.3 is 0 Å². The Morgan fingerprint density at radius 2 is 0.538 bits per heavy atom. The Hall–Kier alpha value is -6.57. The normalized spacial score (nSPS) is 12.9. The highest BCUT2D eigenvalue weighted by Crippen LogP contribution is 2.40. The van der Waals surface area contributed by atoms with E-state index in [1.165, 1.54) is 64.6 Å². The summed E-state index contributed by atoms with van der Waals surface area (Å²) in [5.41, 5.74) is 8.25. The molecule has 0 saturated heterocycles. The van der Waals surface area contributed by atoms with Crippen molar-refractivity contribution in [1.82, 2.24) is 0 Å². The van der Waals surface area contributed by atoms with Crippen LogP contribution >= 0.6 is 0 Å². The average molecular weight is 661 g/mol. The summed E-state index contributed by atoms with van der Waals surface area (Å²) in [6, 6.07) is 61.3. The second-order valence-electron chi connectivity index (χ2n) is 14.3. The molecule has 10 aromatic carbocycles. The van der Waals surface area contributed by atoms with Crippen molar-refractivity contribution in [3.05, 3.63) is 192 Å². The van der Waals surface area contributed by atoms with Crippen molar-refractivity contribution < 1.29 is 4.79 Å². The van der Waals surface area contributed by atoms with Crippen LogP contribution in [0.3, 0.4) is 0 Å². The highest BCUT2D eigenvalue weighted by molar-refractivity contribution is 6.27. The summed E-state index contributed by atoms with van der Waals surface area (Å²) in [6.45, 7) is 0. The van der Waals surface area contributed by atoms with Crippen molar-refractivity contribution >= 4 is 70.4 Å². The van der Waals surface area contributed by atoms with E-state index in [1.54, 1.807) is 0 Å². The third kappa shape index (κ3) is 4.33. The number of rotatable bonds is 2. The van der Waals surface area contributed by atoms with Crippen molar-refractivity contribution in [2.75, 3.05) is 0 Å². The predicted octanol–water partition coefficient (Wildman–Crippen LogP) is 13.3. The molecule has 0 spiro atoms. The van der Waals surface area contributed by atoms with Crippen molar-refractivity contribution in [2.45, 2.75) is 12.8 Å². The second-order valence-corrected chi connectivity index (χ2v) is 14.3. The molecule has 11 rings (SSSR count). The monoisotopic (exact) mass is 660 g/mol. The number of carbonyl (C=O) groups excluding carboxylic acids is 1. The molecule has 0 heterocycles. The topological polar surface area (TPSA) is 17.1 Å². The number of hydrogen-bond acceptors (Lipinski definition) is 1. The Kier molecular flexibility index (Phi) is 6.30. The molecule has 0 saturated carbocycles. The molecule has 1 aliphatic carbocycles. The SMILES string of the molecule is O=C1c2cc(-c3ccc4c5ccccc5c5ccccc5c4c3)ccc2CCc2ccc(-c3ccc4c5ccccc5c5ccccc5c4c3)cc21. The molecular formula is C51H32O. The first-order valence-electron chi connectivity index (χ1n) is 18.2. The molecule has 10 aromatic rings. The van der Waals surface area contributed by atoms with E-state index in [9.17, 15) is 4.79 Å². The van der Waals surface area contributed by atoms with Crippen LogP contribution in [0.5, 0.6) is 0 Å². The van der Waals surface area contributed by atoms with E-state index in [4.69, 9.17) is 0 Å². The second kappa shape index (κ2) is 11.2. The summed E-state index contributed by atoms with van der Waals surface area (Å²) < 4.78 is 0. The van der Waals surface area contributed by atoms with Crippen LogP contribution in [0, 0.1) is 0 Å². The van der Waals surface area contributed by atoms with E-state index in [-0.39, 0.29) is 5.78 Å². The van der Waals surface area contributed by atoms with Gasteiger partial charge in [-0.25, -0.2) is 0 Å². The van der Waals surface area contributed by atoms with Crippen LogP contribution in [0.1, 0.15) is 27.0 Å². The van der Waals surface area contributed by atoms with Gasteiger partial charge in [0.25, 0.3) is 0 Å². The van der Waals surface area contributed by atoms with Gasteiger partial charge >= 0.3 is 0 Å². The van der Waals surface area contributed by atoms with Crippen molar-refractivity contribution in [1.29, 1.82) is 0 Å². The van der Waals surface area contributed by atoms with Gasteiger partial charge in [-0.15, -0.1) is 0 Å². The zero-order chi connectivity index (χ0) is 34.3. The summed E-state index contributed by atoms with van der Waals surface area (Å²) in [6.07, 6.45) is 1.69. The Bertz CT molecular complexity index is 2860. The third-order valence-electron chi connectivity index (χ3n) is 11.5. The van der Waals surface area contributed by atoms with Crippen LogP contribution in [0.25, 0.3) is 86.9 Å². The van der Waals surface area contributed by atoms with Gasteiger partial charge in [-0.3, -0.25) is 4.79 Å². The summed E-state index contributed by atoms with van der Waals surface area (Å²) >= 11 is 0. The maximum atomic E-state index is 14.6. The standard InChI is InChI=1S/C51H32O/c52-51-47-27-33(35-23-25-45-41-13-3-1-9-37(41)39-11-5-7-15-43(39)49(45)29-35)21-19-31(47)17-18-32-20-22-34(28-48(32)51)36-24-26-46-42-14-4-2-10-38(42)40-12-6-8-16-44(40)50(46)30-36/h1-16,19-30H,17-18H2. The van der Waals surface area contributed by atoms with Gasteiger partial charge in [-0.2, -0.15) is 0 Å². The van der Waals surface area contributed by atoms with Crippen LogP contribution in [-0.2, 0) is 12.8 Å². The molecule has 0 amide bonds. The van der Waals surface area contributed by atoms with E-state index in [2.05, 4.69) is 170 Å². The maximum Gasteiger partial charge on any atom is 0.193 e. The Morgan fingerprint density at radius 1 is 0.269 bits per heavy atom. The average Bonchev–Trinajstić information content (AvgIpc) is 3.36. The molecule has 0 aliphatic heterocycles. The Morgan fingerprint density at radius 3 is 0.885 bits per heavy atom. The number of aryl methyl sites for hydroxylation is 2. The minimum atomic E-state index is 0.112. The highest BCUT2D eigenvalue weighted by atomic mass is 16.1. The van der Waals surface area contributed by atoms with Gasteiger partial charge in [0.05, 0.1) is 0 Å². The maximum absolute atomic E-state index is 14.6. The summed E-state index contributed by atoms with van der Waals surface area (Å²) in [7, 11) is 0. The lowest BCUT2D eigenvalue weighted by molar-refractivity contribution is 0.103. The zero-order valence-electron chi connectivity index (χ0n) is 28.5. The molecule has 0 aromatic heterocycles. The lowest BCUT2D eigenvalue weighted by atomic mass is 9.89. The summed E-state index contributed by atoms with van der Waals surface area (Å²) in [5, 5.41) is 15.1. The molecule has 0 bridgehead atoms. The largest absolute Gasteiger partial charge is 0.289 e. The van der Waals surface area contributed by atoms with Crippen LogP contribution in [-0.4, -0.2) is 5.78 Å². The van der Waals surface area contributed by atoms with Crippen molar-refractivity contribution in [3.63, 3.8) is 0 Å². The number of ketones is 1. The quantitative estimate of drug-likeness (QED) is 0.169. The van der Waals surface area contributed by atoms with E-state index in [0.29, 0.717) is 0 Å². The number of hydrogen-bond donors (Lipinski definition) is 0. The number of benzene rings is 10. The van der Waals surface area contributed by atoms with E-state index >= 15 is 0 Å². The molecule has 52 heavy (non-hydrogen) atoms. The van der Waals surface area contributed by atoms with Gasteiger partial charge in [0.15, 0.2) is 5.78 Å². The van der Waals surface area contributed by atoms with Gasteiger partial charge in [-0.1, -0.05) is 146 Å². The van der Waals surface area contributed by atoms with E-state index < -0.39 is 0 Å². The zero-order valence-corrected chi connectivity index (χ0v) is 28.5. The smallest absolute Gasteiger partial charge is 0.193 e. The first-order chi connectivity index (χ1) is 25.7. The van der Waals surface area contributed by atoms with Gasteiger partial charge in [0.1, 0.15) is 0 Å². The van der Waals surface area contributed by atoms with Crippen molar-refractivity contribution in [2.24, 2.45) is 0 Å². The first kappa shape index (κ1) is 29.2. The molecule has 242 valence electrons. The van der Waals surface area contributed by atoms with Crippen LogP contribution in [0.4, 0.5) is 0 Å². The minimum absolute atomic E-state index is 0.112. The van der Waals surface area contributed by atoms with E-state index in [1.807, 2.05) is 0 Å². The summed E-state index contributed by atoms with van der Waals surface area (Å²) in [4.78, 5) is 14.6. The molecule has 1 heteroatoms. The molecule has 0 unspecified atom stereocenters. The molecule has 1 aliphatic rings. The fourth-order valence-electron chi connectivity index (χ4n) is 8.96. The number of fused-ring (bicyclic) bond motifs is 14. The third-order valence-corrected chi connectivity index (χ3v) is 11.5. The van der Waals surface area contributed by atoms with Gasteiger partial charge in [-0.05, 0) is 135 Å². The fraction of sp³-hybridized carbons (Fsp3) is 0.0392. The molecule has 0 radical (unpaired) electrons. The lowest BCUT2D eigenvalue weighted by Crippen LogP contribution is -2.05. The Labute approximate surface area is 301 Å². The van der Waals surface area contributed by atoms with Gasteiger partial charge in [0, 0.05) is 11.1 Å². The van der Waals surface area contributed by atoms with Crippen LogP contribution < -0.4 is 0 Å². The van der Waals surface area contributed by atoms with Crippen LogP contribution in [0.2, 0.25) is 0 Å². The predicted molar refractivity (Wildman–Crippen MR) is 220 cm³/mol. The van der Waals surface area contributed by atoms with E-state index in [0.717, 1.165) is 57.3 Å².